The lowest BCUT2D eigenvalue weighted by molar-refractivity contribution is -0.149. The van der Waals surface area contributed by atoms with Gasteiger partial charge in [0, 0.05) is 36.3 Å². The average molecular weight is 387 g/mol. The van der Waals surface area contributed by atoms with E-state index in [0.29, 0.717) is 18.5 Å². The van der Waals surface area contributed by atoms with Crippen LogP contribution in [-0.4, -0.2) is 44.5 Å². The van der Waals surface area contributed by atoms with Crippen molar-refractivity contribution < 1.29 is 9.63 Å². The van der Waals surface area contributed by atoms with E-state index in [1.807, 2.05) is 10.9 Å². The maximum absolute atomic E-state index is 13.6. The average Bonchev–Trinajstić information content (AvgIpc) is 3.36. The quantitative estimate of drug-likeness (QED) is 0.762. The molecule has 28 heavy (non-hydrogen) atoms. The van der Waals surface area contributed by atoms with Crippen LogP contribution in [0.15, 0.2) is 11.4 Å². The molecule has 1 aliphatic heterocycles. The van der Waals surface area contributed by atoms with Crippen molar-refractivity contribution in [1.29, 1.82) is 0 Å². The van der Waals surface area contributed by atoms with Crippen molar-refractivity contribution in [2.75, 3.05) is 0 Å². The normalized spacial score (nSPS) is 24.1. The summed E-state index contributed by atoms with van der Waals surface area (Å²) in [4.78, 5) is 21.5. The summed E-state index contributed by atoms with van der Waals surface area (Å²) in [6, 6.07) is 0.781. The summed E-state index contributed by atoms with van der Waals surface area (Å²) in [5.74, 6) is 0.165. The van der Waals surface area contributed by atoms with Gasteiger partial charge in [-0.15, -0.1) is 0 Å². The Bertz CT molecular complexity index is 696. The van der Waals surface area contributed by atoms with Crippen LogP contribution in [0.25, 0.3) is 0 Å². The second-order valence-electron chi connectivity index (χ2n) is 8.62. The zero-order valence-electron chi connectivity index (χ0n) is 17.4. The highest BCUT2D eigenvalue weighted by Gasteiger charge is 2.39. The highest BCUT2D eigenvalue weighted by Crippen LogP contribution is 2.32. The standard InChI is InChI=1S/C22H34N4O2/c1-3-25-16(2)19(15-23-25)20-14-21(28-24-20)22(27)26(17-10-6-4-7-11-17)18-12-8-5-9-13-18/h15,17-18,21H,3-14H2,1-2H3. The monoisotopic (exact) mass is 386 g/mol. The SMILES string of the molecule is CCn1ncc(C2=NOC(C(=O)N(C3CCCCC3)C3CCCCC3)C2)c1C. The zero-order chi connectivity index (χ0) is 19.5. The highest BCUT2D eigenvalue weighted by molar-refractivity contribution is 6.04. The molecule has 1 unspecified atom stereocenters. The fourth-order valence-corrected chi connectivity index (χ4v) is 5.26. The van der Waals surface area contributed by atoms with Gasteiger partial charge in [-0.05, 0) is 39.5 Å². The van der Waals surface area contributed by atoms with E-state index in [0.717, 1.165) is 49.2 Å². The van der Waals surface area contributed by atoms with E-state index in [1.165, 1.54) is 38.5 Å². The molecule has 0 N–H and O–H groups in total. The molecule has 2 saturated carbocycles. The Morgan fingerprint density at radius 3 is 2.25 bits per heavy atom. The first-order valence-corrected chi connectivity index (χ1v) is 11.3. The second kappa shape index (κ2) is 8.66. The van der Waals surface area contributed by atoms with E-state index in [2.05, 4.69) is 29.0 Å². The summed E-state index contributed by atoms with van der Waals surface area (Å²) in [5, 5.41) is 8.72. The Hall–Kier alpha value is -1.85. The molecular weight excluding hydrogens is 352 g/mol. The second-order valence-corrected chi connectivity index (χ2v) is 8.62. The number of carbonyl (C=O) groups is 1. The molecule has 3 aliphatic rings. The molecular formula is C22H34N4O2. The summed E-state index contributed by atoms with van der Waals surface area (Å²) in [5.41, 5.74) is 2.97. The highest BCUT2D eigenvalue weighted by atomic mass is 16.6. The maximum atomic E-state index is 13.6. The third-order valence-corrected chi connectivity index (χ3v) is 6.85. The van der Waals surface area contributed by atoms with Crippen molar-refractivity contribution in [3.63, 3.8) is 0 Å². The lowest BCUT2D eigenvalue weighted by Crippen LogP contribution is -2.52. The Balaban J connectivity index is 1.48. The Kier molecular flexibility index (Phi) is 6.02. The van der Waals surface area contributed by atoms with Crippen LogP contribution in [0.1, 0.15) is 88.8 Å². The van der Waals surface area contributed by atoms with Crippen molar-refractivity contribution in [2.24, 2.45) is 5.16 Å². The van der Waals surface area contributed by atoms with Crippen LogP contribution in [0, 0.1) is 6.92 Å². The summed E-state index contributed by atoms with van der Waals surface area (Å²) >= 11 is 0. The molecule has 0 aromatic carbocycles. The largest absolute Gasteiger partial charge is 0.382 e. The van der Waals surface area contributed by atoms with Crippen molar-refractivity contribution >= 4 is 11.6 Å². The number of rotatable bonds is 5. The van der Waals surface area contributed by atoms with Crippen LogP contribution >= 0.6 is 0 Å². The first kappa shape index (κ1) is 19.5. The van der Waals surface area contributed by atoms with Crippen LogP contribution in [0.4, 0.5) is 0 Å². The number of hydrogen-bond donors (Lipinski definition) is 0. The molecule has 1 aromatic rings. The van der Waals surface area contributed by atoms with Gasteiger partial charge in [0.05, 0.1) is 11.9 Å². The molecule has 154 valence electrons. The van der Waals surface area contributed by atoms with Crippen molar-refractivity contribution in [1.82, 2.24) is 14.7 Å². The summed E-state index contributed by atoms with van der Waals surface area (Å²) < 4.78 is 1.96. The van der Waals surface area contributed by atoms with Crippen molar-refractivity contribution in [3.8, 4) is 0 Å². The van der Waals surface area contributed by atoms with Gasteiger partial charge in [0.15, 0.2) is 0 Å². The smallest absolute Gasteiger partial charge is 0.267 e. The van der Waals surface area contributed by atoms with Gasteiger partial charge in [-0.2, -0.15) is 5.10 Å². The van der Waals surface area contributed by atoms with Gasteiger partial charge in [-0.1, -0.05) is 43.7 Å². The summed E-state index contributed by atoms with van der Waals surface area (Å²) in [6.07, 6.45) is 14.1. The Morgan fingerprint density at radius 1 is 1.11 bits per heavy atom. The molecule has 2 fully saturated rings. The maximum Gasteiger partial charge on any atom is 0.267 e. The number of oxime groups is 1. The van der Waals surface area contributed by atoms with Gasteiger partial charge in [0.25, 0.3) is 5.91 Å². The third-order valence-electron chi connectivity index (χ3n) is 6.85. The molecule has 4 rings (SSSR count). The third kappa shape index (κ3) is 3.83. The minimum atomic E-state index is -0.469. The van der Waals surface area contributed by atoms with Crippen LogP contribution in [0.5, 0.6) is 0 Å². The van der Waals surface area contributed by atoms with Crippen LogP contribution in [0.2, 0.25) is 0 Å². The van der Waals surface area contributed by atoms with Gasteiger partial charge < -0.3 is 9.74 Å². The number of aromatic nitrogens is 2. The topological polar surface area (TPSA) is 59.7 Å². The Morgan fingerprint density at radius 2 is 1.71 bits per heavy atom. The molecule has 0 saturated heterocycles. The molecule has 2 aliphatic carbocycles. The number of nitrogens with zero attached hydrogens (tertiary/aromatic N) is 4. The van der Waals surface area contributed by atoms with E-state index >= 15 is 0 Å². The van der Waals surface area contributed by atoms with E-state index < -0.39 is 6.10 Å². The number of aryl methyl sites for hydroxylation is 1. The van der Waals surface area contributed by atoms with Gasteiger partial charge in [-0.25, -0.2) is 0 Å². The van der Waals surface area contributed by atoms with Crippen LogP contribution in [-0.2, 0) is 16.2 Å². The van der Waals surface area contributed by atoms with Gasteiger partial charge in [0.2, 0.25) is 6.10 Å². The Labute approximate surface area is 168 Å². The number of hydrogen-bond acceptors (Lipinski definition) is 4. The lowest BCUT2D eigenvalue weighted by Gasteiger charge is -2.42. The van der Waals surface area contributed by atoms with Gasteiger partial charge in [-0.3, -0.25) is 9.48 Å². The van der Waals surface area contributed by atoms with E-state index in [4.69, 9.17) is 4.84 Å². The fourth-order valence-electron chi connectivity index (χ4n) is 5.26. The lowest BCUT2D eigenvalue weighted by atomic mass is 9.88. The number of amides is 1. The molecule has 2 heterocycles. The predicted molar refractivity (Wildman–Crippen MR) is 109 cm³/mol. The molecule has 1 atom stereocenters. The molecule has 0 spiro atoms. The van der Waals surface area contributed by atoms with E-state index in [-0.39, 0.29) is 5.91 Å². The van der Waals surface area contributed by atoms with Gasteiger partial charge in [0.1, 0.15) is 0 Å². The van der Waals surface area contributed by atoms with Crippen LogP contribution < -0.4 is 0 Å². The molecule has 6 heteroatoms. The molecule has 1 aromatic heterocycles. The molecule has 1 amide bonds. The fraction of sp³-hybridized carbons (Fsp3) is 0.773. The molecule has 0 bridgehead atoms. The molecule has 0 radical (unpaired) electrons. The van der Waals surface area contributed by atoms with Crippen molar-refractivity contribution in [3.05, 3.63) is 17.5 Å². The van der Waals surface area contributed by atoms with Crippen molar-refractivity contribution in [2.45, 2.75) is 109 Å². The molecule has 6 nitrogen and oxygen atoms in total. The van der Waals surface area contributed by atoms with Gasteiger partial charge >= 0.3 is 0 Å². The summed E-state index contributed by atoms with van der Waals surface area (Å²) in [6.45, 7) is 4.97. The zero-order valence-corrected chi connectivity index (χ0v) is 17.4. The van der Waals surface area contributed by atoms with Crippen LogP contribution in [0.3, 0.4) is 0 Å². The first-order valence-electron chi connectivity index (χ1n) is 11.3. The summed E-state index contributed by atoms with van der Waals surface area (Å²) in [7, 11) is 0. The minimum Gasteiger partial charge on any atom is -0.382 e. The van der Waals surface area contributed by atoms with E-state index in [1.54, 1.807) is 0 Å². The first-order chi connectivity index (χ1) is 13.7. The predicted octanol–water partition coefficient (Wildman–Crippen LogP) is 4.20. The number of carbonyl (C=O) groups excluding carboxylic acids is 1. The minimum absolute atomic E-state index is 0.165. The van der Waals surface area contributed by atoms with E-state index in [9.17, 15) is 4.79 Å².